The highest BCUT2D eigenvalue weighted by Crippen LogP contribution is 2.17. The normalized spacial score (nSPS) is 10.9. The first-order valence-corrected chi connectivity index (χ1v) is 7.29. The van der Waals surface area contributed by atoms with Crippen LogP contribution in [0.4, 0.5) is 0 Å². The Kier molecular flexibility index (Phi) is 5.26. The lowest BCUT2D eigenvalue weighted by Gasteiger charge is -2.04. The average molecular weight is 239 g/mol. The van der Waals surface area contributed by atoms with Gasteiger partial charge in [-0.1, -0.05) is 69.4 Å². The van der Waals surface area contributed by atoms with Gasteiger partial charge in [0.25, 0.3) is 0 Å². The highest BCUT2D eigenvalue weighted by atomic mass is 14.0. The molecule has 0 bridgehead atoms. The van der Waals surface area contributed by atoms with Crippen LogP contribution in [0.5, 0.6) is 0 Å². The van der Waals surface area contributed by atoms with Gasteiger partial charge in [0.2, 0.25) is 0 Å². The Balaban J connectivity index is 1.81. The molecule has 0 heteroatoms. The van der Waals surface area contributed by atoms with Crippen molar-refractivity contribution in [2.24, 2.45) is 0 Å². The van der Waals surface area contributed by atoms with Crippen molar-refractivity contribution in [1.82, 2.24) is 0 Å². The van der Waals surface area contributed by atoms with Gasteiger partial charge in [-0.2, -0.15) is 0 Å². The maximum Gasteiger partial charge on any atom is -0.0175 e. The summed E-state index contributed by atoms with van der Waals surface area (Å²) >= 11 is 0. The highest BCUT2D eigenvalue weighted by molar-refractivity contribution is 5.82. The molecule has 0 N–H and O–H groups in total. The number of aryl methyl sites for hydroxylation is 1. The minimum atomic E-state index is 1.22. The maximum atomic E-state index is 3.15. The number of rotatable bonds is 7. The number of unbranched alkanes of at least 4 members (excludes halogenated alkanes) is 5. The van der Waals surface area contributed by atoms with Gasteiger partial charge in [0.15, 0.2) is 0 Å². The van der Waals surface area contributed by atoms with Crippen LogP contribution in [-0.2, 0) is 6.42 Å². The second-order valence-corrected chi connectivity index (χ2v) is 5.13. The van der Waals surface area contributed by atoms with Crippen molar-refractivity contribution in [3.8, 4) is 0 Å². The van der Waals surface area contributed by atoms with Crippen LogP contribution in [0.15, 0.2) is 36.4 Å². The Morgan fingerprint density at radius 2 is 1.72 bits per heavy atom. The van der Waals surface area contributed by atoms with Crippen molar-refractivity contribution in [2.45, 2.75) is 51.9 Å². The highest BCUT2D eigenvalue weighted by Gasteiger charge is 1.97. The van der Waals surface area contributed by atoms with Crippen LogP contribution in [0.2, 0.25) is 0 Å². The van der Waals surface area contributed by atoms with E-state index in [4.69, 9.17) is 0 Å². The molecule has 0 aliphatic rings. The van der Waals surface area contributed by atoms with E-state index in [9.17, 15) is 0 Å². The smallest absolute Gasteiger partial charge is 0.0175 e. The SMILES string of the molecule is CCCCCCCCc1ccc2cc[c]cc2c1. The molecule has 0 heterocycles. The molecule has 18 heavy (non-hydrogen) atoms. The van der Waals surface area contributed by atoms with Crippen molar-refractivity contribution in [3.63, 3.8) is 0 Å². The molecule has 1 radical (unpaired) electrons. The molecule has 2 aromatic rings. The summed E-state index contributed by atoms with van der Waals surface area (Å²) in [5.74, 6) is 0. The van der Waals surface area contributed by atoms with Crippen LogP contribution in [0.3, 0.4) is 0 Å². The number of benzene rings is 2. The molecule has 0 nitrogen and oxygen atoms in total. The Morgan fingerprint density at radius 1 is 0.889 bits per heavy atom. The van der Waals surface area contributed by atoms with Crippen LogP contribution in [0, 0.1) is 6.07 Å². The number of hydrogen-bond acceptors (Lipinski definition) is 0. The predicted molar refractivity (Wildman–Crippen MR) is 79.9 cm³/mol. The van der Waals surface area contributed by atoms with Gasteiger partial charge < -0.3 is 0 Å². The monoisotopic (exact) mass is 239 g/mol. The summed E-state index contributed by atoms with van der Waals surface area (Å²) < 4.78 is 0. The predicted octanol–water partition coefficient (Wildman–Crippen LogP) is 5.54. The number of hydrogen-bond donors (Lipinski definition) is 0. The van der Waals surface area contributed by atoms with Gasteiger partial charge in [-0.3, -0.25) is 0 Å². The summed E-state index contributed by atoms with van der Waals surface area (Å²) in [6, 6.07) is 16.2. The average Bonchev–Trinajstić information content (AvgIpc) is 2.42. The Bertz CT molecular complexity index is 470. The van der Waals surface area contributed by atoms with E-state index in [1.54, 1.807) is 0 Å². The largest absolute Gasteiger partial charge is 0.0654 e. The van der Waals surface area contributed by atoms with Crippen molar-refractivity contribution < 1.29 is 0 Å². The third kappa shape index (κ3) is 3.87. The Hall–Kier alpha value is -1.30. The molecule has 0 aromatic heterocycles. The second kappa shape index (κ2) is 7.20. The summed E-state index contributed by atoms with van der Waals surface area (Å²) in [4.78, 5) is 0. The van der Waals surface area contributed by atoms with Gasteiger partial charge in [0.1, 0.15) is 0 Å². The molecule has 95 valence electrons. The molecule has 0 fully saturated rings. The molecule has 0 atom stereocenters. The van der Waals surface area contributed by atoms with E-state index in [-0.39, 0.29) is 0 Å². The second-order valence-electron chi connectivity index (χ2n) is 5.13. The van der Waals surface area contributed by atoms with Crippen molar-refractivity contribution in [3.05, 3.63) is 48.0 Å². The van der Waals surface area contributed by atoms with Crippen molar-refractivity contribution in [1.29, 1.82) is 0 Å². The first-order chi connectivity index (χ1) is 8.90. The van der Waals surface area contributed by atoms with Gasteiger partial charge >= 0.3 is 0 Å². The minimum absolute atomic E-state index is 1.22. The fraction of sp³-hybridized carbons (Fsp3) is 0.444. The molecule has 0 aliphatic heterocycles. The topological polar surface area (TPSA) is 0 Å². The zero-order valence-corrected chi connectivity index (χ0v) is 11.4. The van der Waals surface area contributed by atoms with Gasteiger partial charge in [0.05, 0.1) is 0 Å². The Morgan fingerprint density at radius 3 is 2.61 bits per heavy atom. The molecule has 0 aliphatic carbocycles. The molecule has 2 aromatic carbocycles. The lowest BCUT2D eigenvalue weighted by molar-refractivity contribution is 0.607. The first kappa shape index (κ1) is 13.1. The van der Waals surface area contributed by atoms with Crippen LogP contribution < -0.4 is 0 Å². The molecule has 0 saturated heterocycles. The van der Waals surface area contributed by atoms with Crippen LogP contribution in [0.25, 0.3) is 10.8 Å². The van der Waals surface area contributed by atoms with E-state index in [2.05, 4.69) is 43.3 Å². The molecular weight excluding hydrogens is 216 g/mol. The molecule has 0 saturated carbocycles. The third-order valence-electron chi connectivity index (χ3n) is 3.57. The Labute approximate surface area is 111 Å². The van der Waals surface area contributed by atoms with E-state index < -0.39 is 0 Å². The van der Waals surface area contributed by atoms with Gasteiger partial charge in [0, 0.05) is 0 Å². The summed E-state index contributed by atoms with van der Waals surface area (Å²) in [7, 11) is 0. The third-order valence-corrected chi connectivity index (χ3v) is 3.57. The zero-order valence-electron chi connectivity index (χ0n) is 11.4. The molecule has 0 unspecified atom stereocenters. The van der Waals surface area contributed by atoms with Crippen LogP contribution in [-0.4, -0.2) is 0 Å². The fourth-order valence-corrected chi connectivity index (χ4v) is 2.44. The lowest BCUT2D eigenvalue weighted by atomic mass is 10.0. The molecular formula is C18H23. The lowest BCUT2D eigenvalue weighted by Crippen LogP contribution is -1.86. The van der Waals surface area contributed by atoms with Crippen molar-refractivity contribution in [2.75, 3.05) is 0 Å². The summed E-state index contributed by atoms with van der Waals surface area (Å²) in [5.41, 5.74) is 1.47. The van der Waals surface area contributed by atoms with Crippen LogP contribution in [0.1, 0.15) is 51.0 Å². The van der Waals surface area contributed by atoms with E-state index in [1.807, 2.05) is 6.07 Å². The summed E-state index contributed by atoms with van der Waals surface area (Å²) in [5, 5.41) is 2.64. The molecule has 0 amide bonds. The zero-order chi connectivity index (χ0) is 12.6. The summed E-state index contributed by atoms with van der Waals surface area (Å²) in [6.45, 7) is 2.27. The van der Waals surface area contributed by atoms with E-state index in [1.165, 1.54) is 61.3 Å². The quantitative estimate of drug-likeness (QED) is 0.556. The van der Waals surface area contributed by atoms with E-state index in [0.717, 1.165) is 0 Å². The van der Waals surface area contributed by atoms with Gasteiger partial charge in [-0.05, 0) is 41.3 Å². The minimum Gasteiger partial charge on any atom is -0.0654 e. The maximum absolute atomic E-state index is 3.15. The first-order valence-electron chi connectivity index (χ1n) is 7.29. The van der Waals surface area contributed by atoms with E-state index >= 15 is 0 Å². The summed E-state index contributed by atoms with van der Waals surface area (Å²) in [6.07, 6.45) is 9.45. The van der Waals surface area contributed by atoms with Crippen LogP contribution >= 0.6 is 0 Å². The van der Waals surface area contributed by atoms with Gasteiger partial charge in [-0.25, -0.2) is 0 Å². The number of fused-ring (bicyclic) bond motifs is 1. The fourth-order valence-electron chi connectivity index (χ4n) is 2.44. The standard InChI is InChI=1S/C18H23/c1-2-3-4-5-6-7-10-16-13-14-17-11-8-9-12-18(17)15-16/h8,11-15H,2-7,10H2,1H3. The van der Waals surface area contributed by atoms with Crippen molar-refractivity contribution >= 4 is 10.8 Å². The van der Waals surface area contributed by atoms with Gasteiger partial charge in [-0.15, -0.1) is 0 Å². The molecule has 2 rings (SSSR count). The van der Waals surface area contributed by atoms with E-state index in [0.29, 0.717) is 0 Å². The molecule has 0 spiro atoms.